The first-order chi connectivity index (χ1) is 12.6. The molecule has 0 radical (unpaired) electrons. The molecule has 0 spiro atoms. The number of hydrogen-bond acceptors (Lipinski definition) is 6. The van der Waals surface area contributed by atoms with E-state index in [0.29, 0.717) is 29.8 Å². The fourth-order valence-corrected chi connectivity index (χ4v) is 2.86. The molecule has 3 aromatic rings. The van der Waals surface area contributed by atoms with Crippen molar-refractivity contribution >= 4 is 11.6 Å². The second-order valence-corrected chi connectivity index (χ2v) is 6.32. The van der Waals surface area contributed by atoms with Crippen molar-refractivity contribution < 1.29 is 14.0 Å². The van der Waals surface area contributed by atoms with Crippen molar-refractivity contribution in [2.45, 2.75) is 13.1 Å². The van der Waals surface area contributed by atoms with Crippen LogP contribution < -0.4 is 9.47 Å². The zero-order valence-corrected chi connectivity index (χ0v) is 15.7. The van der Waals surface area contributed by atoms with Crippen LogP contribution in [-0.2, 0) is 13.1 Å². The number of hydrogen-bond donors (Lipinski definition) is 0. The first kappa shape index (κ1) is 18.2. The molecule has 3 rings (SSSR count). The third-order valence-corrected chi connectivity index (χ3v) is 4.10. The van der Waals surface area contributed by atoms with Crippen molar-refractivity contribution in [1.82, 2.24) is 15.0 Å². The quantitative estimate of drug-likeness (QED) is 0.623. The zero-order valence-electron chi connectivity index (χ0n) is 14.9. The third-order valence-electron chi connectivity index (χ3n) is 3.86. The van der Waals surface area contributed by atoms with Crippen LogP contribution in [0.5, 0.6) is 11.5 Å². The van der Waals surface area contributed by atoms with Gasteiger partial charge in [-0.2, -0.15) is 4.98 Å². The summed E-state index contributed by atoms with van der Waals surface area (Å²) in [5.41, 5.74) is 1.87. The molecular formula is C19H20ClN3O3. The van der Waals surface area contributed by atoms with Crippen molar-refractivity contribution in [1.29, 1.82) is 0 Å². The molecule has 1 heterocycles. The van der Waals surface area contributed by atoms with Crippen molar-refractivity contribution in [3.8, 4) is 22.9 Å². The van der Waals surface area contributed by atoms with Gasteiger partial charge < -0.3 is 14.0 Å². The monoisotopic (exact) mass is 373 g/mol. The van der Waals surface area contributed by atoms with Gasteiger partial charge in [0, 0.05) is 17.6 Å². The van der Waals surface area contributed by atoms with Gasteiger partial charge in [-0.1, -0.05) is 28.9 Å². The molecule has 7 heteroatoms. The van der Waals surface area contributed by atoms with E-state index >= 15 is 0 Å². The maximum absolute atomic E-state index is 6.03. The van der Waals surface area contributed by atoms with E-state index in [9.17, 15) is 0 Å². The Labute approximate surface area is 157 Å². The maximum atomic E-state index is 6.03. The summed E-state index contributed by atoms with van der Waals surface area (Å²) in [6, 6.07) is 13.2. The molecule has 0 amide bonds. The highest BCUT2D eigenvalue weighted by Gasteiger charge is 2.15. The minimum absolute atomic E-state index is 0.482. The van der Waals surface area contributed by atoms with Gasteiger partial charge in [-0.05, 0) is 36.9 Å². The van der Waals surface area contributed by atoms with Gasteiger partial charge in [0.2, 0.25) is 11.7 Å². The number of halogens is 1. The van der Waals surface area contributed by atoms with Crippen molar-refractivity contribution in [2.24, 2.45) is 0 Å². The predicted octanol–water partition coefficient (Wildman–Crippen LogP) is 4.04. The average molecular weight is 374 g/mol. The molecule has 0 aliphatic carbocycles. The van der Waals surface area contributed by atoms with Gasteiger partial charge in [0.15, 0.2) is 0 Å². The molecule has 0 N–H and O–H groups in total. The van der Waals surface area contributed by atoms with E-state index in [-0.39, 0.29) is 0 Å². The lowest BCUT2D eigenvalue weighted by Gasteiger charge is -2.14. The highest BCUT2D eigenvalue weighted by atomic mass is 35.5. The molecule has 2 aromatic carbocycles. The second kappa shape index (κ2) is 8.21. The predicted molar refractivity (Wildman–Crippen MR) is 99.5 cm³/mol. The maximum Gasteiger partial charge on any atom is 0.241 e. The largest absolute Gasteiger partial charge is 0.497 e. The Balaban J connectivity index is 1.72. The molecule has 136 valence electrons. The lowest BCUT2D eigenvalue weighted by atomic mass is 10.2. The number of ether oxygens (including phenoxy) is 2. The summed E-state index contributed by atoms with van der Waals surface area (Å²) in [6.45, 7) is 1.25. The number of methoxy groups -OCH3 is 2. The van der Waals surface area contributed by atoms with Gasteiger partial charge in [0.25, 0.3) is 0 Å². The molecule has 0 aliphatic heterocycles. The fourth-order valence-electron chi connectivity index (χ4n) is 2.65. The van der Waals surface area contributed by atoms with Crippen molar-refractivity contribution in [3.05, 3.63) is 58.9 Å². The summed E-state index contributed by atoms with van der Waals surface area (Å²) in [7, 11) is 5.19. The molecule has 0 fully saturated rings. The van der Waals surface area contributed by atoms with Crippen LogP contribution in [0.1, 0.15) is 11.5 Å². The van der Waals surface area contributed by atoms with Crippen LogP contribution in [0, 0.1) is 0 Å². The fraction of sp³-hybridized carbons (Fsp3) is 0.263. The minimum Gasteiger partial charge on any atom is -0.497 e. The molecule has 0 saturated heterocycles. The Morgan fingerprint density at radius 2 is 1.92 bits per heavy atom. The summed E-state index contributed by atoms with van der Waals surface area (Å²) < 4.78 is 16.0. The van der Waals surface area contributed by atoms with Crippen LogP contribution in [0.3, 0.4) is 0 Å². The zero-order chi connectivity index (χ0) is 18.5. The number of aromatic nitrogens is 2. The Kier molecular flexibility index (Phi) is 5.75. The smallest absolute Gasteiger partial charge is 0.241 e. The van der Waals surface area contributed by atoms with Crippen LogP contribution in [0.2, 0.25) is 5.02 Å². The summed E-state index contributed by atoms with van der Waals surface area (Å²) >= 11 is 6.03. The van der Waals surface area contributed by atoms with Crippen molar-refractivity contribution in [2.75, 3.05) is 21.3 Å². The van der Waals surface area contributed by atoms with Crippen LogP contribution in [0.25, 0.3) is 11.4 Å². The highest BCUT2D eigenvalue weighted by molar-refractivity contribution is 6.30. The summed E-state index contributed by atoms with van der Waals surface area (Å²) in [4.78, 5) is 6.56. The first-order valence-corrected chi connectivity index (χ1v) is 8.45. The summed E-state index contributed by atoms with van der Waals surface area (Å²) in [6.07, 6.45) is 0. The first-order valence-electron chi connectivity index (χ1n) is 8.07. The van der Waals surface area contributed by atoms with Gasteiger partial charge in [-0.25, -0.2) is 0 Å². The summed E-state index contributed by atoms with van der Waals surface area (Å²) in [5.74, 6) is 2.35. The molecule has 0 aliphatic rings. The molecule has 0 atom stereocenters. The van der Waals surface area contributed by atoms with Crippen LogP contribution in [0.15, 0.2) is 47.0 Å². The van der Waals surface area contributed by atoms with Gasteiger partial charge in [-0.15, -0.1) is 0 Å². The van der Waals surface area contributed by atoms with E-state index < -0.39 is 0 Å². The Morgan fingerprint density at radius 3 is 2.65 bits per heavy atom. The van der Waals surface area contributed by atoms with E-state index in [4.69, 9.17) is 25.6 Å². The number of rotatable bonds is 7. The lowest BCUT2D eigenvalue weighted by Crippen LogP contribution is -2.17. The van der Waals surface area contributed by atoms with Gasteiger partial charge in [0.1, 0.15) is 11.5 Å². The third kappa shape index (κ3) is 4.33. The average Bonchev–Trinajstić information content (AvgIpc) is 3.09. The topological polar surface area (TPSA) is 60.6 Å². The molecule has 6 nitrogen and oxygen atoms in total. The highest BCUT2D eigenvalue weighted by Crippen LogP contribution is 2.31. The molecule has 0 bridgehead atoms. The normalized spacial score (nSPS) is 11.0. The second-order valence-electron chi connectivity index (χ2n) is 5.88. The standard InChI is InChI=1S/C19H20ClN3O3/c1-23(11-13-5-4-6-14(20)9-13)12-18-21-19(22-26-18)16-8-7-15(24-2)10-17(16)25-3/h4-10H,11-12H2,1-3H3. The van der Waals surface area contributed by atoms with E-state index in [1.807, 2.05) is 43.4 Å². The van der Waals surface area contributed by atoms with Crippen molar-refractivity contribution in [3.63, 3.8) is 0 Å². The van der Waals surface area contributed by atoms with Crippen LogP contribution in [0.4, 0.5) is 0 Å². The lowest BCUT2D eigenvalue weighted by molar-refractivity contribution is 0.261. The van der Waals surface area contributed by atoms with E-state index in [1.54, 1.807) is 20.3 Å². The molecule has 1 aromatic heterocycles. The van der Waals surface area contributed by atoms with E-state index in [2.05, 4.69) is 15.0 Å². The number of benzene rings is 2. The van der Waals surface area contributed by atoms with Gasteiger partial charge in [-0.3, -0.25) is 4.90 Å². The molecular weight excluding hydrogens is 354 g/mol. The molecule has 0 unspecified atom stereocenters. The van der Waals surface area contributed by atoms with Gasteiger partial charge in [0.05, 0.1) is 26.3 Å². The minimum atomic E-state index is 0.482. The van der Waals surface area contributed by atoms with Crippen LogP contribution >= 0.6 is 11.6 Å². The van der Waals surface area contributed by atoms with Crippen LogP contribution in [-0.4, -0.2) is 36.3 Å². The Morgan fingerprint density at radius 1 is 1.08 bits per heavy atom. The van der Waals surface area contributed by atoms with E-state index in [0.717, 1.165) is 22.7 Å². The molecule has 26 heavy (non-hydrogen) atoms. The number of nitrogens with zero attached hydrogens (tertiary/aromatic N) is 3. The van der Waals surface area contributed by atoms with Gasteiger partial charge >= 0.3 is 0 Å². The van der Waals surface area contributed by atoms with E-state index in [1.165, 1.54) is 0 Å². The summed E-state index contributed by atoms with van der Waals surface area (Å²) in [5, 5.41) is 4.79. The Hall–Kier alpha value is -2.57. The SMILES string of the molecule is COc1ccc(-c2noc(CN(C)Cc3cccc(Cl)c3)n2)c(OC)c1. The Bertz CT molecular complexity index is 882. The molecule has 0 saturated carbocycles.